The SMILES string of the molecule is C=C1OC(=O)c2cc(C(C)=O)c(C(C)=O)cc21. The van der Waals surface area contributed by atoms with Gasteiger partial charge in [0.15, 0.2) is 11.6 Å². The van der Waals surface area contributed by atoms with E-state index in [0.29, 0.717) is 5.56 Å². The average Bonchev–Trinajstić information content (AvgIpc) is 2.52. The average molecular weight is 230 g/mol. The summed E-state index contributed by atoms with van der Waals surface area (Å²) in [5.74, 6) is -0.821. The van der Waals surface area contributed by atoms with Crippen LogP contribution in [0.3, 0.4) is 0 Å². The van der Waals surface area contributed by atoms with Crippen molar-refractivity contribution in [3.8, 4) is 0 Å². The molecule has 0 aromatic heterocycles. The van der Waals surface area contributed by atoms with Crippen molar-refractivity contribution in [1.82, 2.24) is 0 Å². The summed E-state index contributed by atoms with van der Waals surface area (Å²) in [4.78, 5) is 34.3. The maximum atomic E-state index is 11.5. The molecule has 1 aromatic carbocycles. The van der Waals surface area contributed by atoms with E-state index in [0.717, 1.165) is 0 Å². The number of hydrogen-bond acceptors (Lipinski definition) is 4. The van der Waals surface area contributed by atoms with Gasteiger partial charge in [0.2, 0.25) is 0 Å². The number of ether oxygens (including phenoxy) is 1. The molecule has 1 heterocycles. The van der Waals surface area contributed by atoms with E-state index in [1.54, 1.807) is 0 Å². The lowest BCUT2D eigenvalue weighted by molar-refractivity contribution is 0.0716. The molecule has 0 aliphatic carbocycles. The third-order valence-electron chi connectivity index (χ3n) is 2.65. The monoisotopic (exact) mass is 230 g/mol. The highest BCUT2D eigenvalue weighted by atomic mass is 16.5. The van der Waals surface area contributed by atoms with Gasteiger partial charge in [0.1, 0.15) is 5.76 Å². The first-order chi connectivity index (χ1) is 7.91. The fourth-order valence-corrected chi connectivity index (χ4v) is 1.80. The fraction of sp³-hybridized carbons (Fsp3) is 0.154. The Bertz CT molecular complexity index is 530. The molecule has 4 heteroatoms. The molecule has 1 aliphatic heterocycles. The van der Waals surface area contributed by atoms with Gasteiger partial charge < -0.3 is 4.74 Å². The smallest absolute Gasteiger partial charge is 0.344 e. The van der Waals surface area contributed by atoms with E-state index in [1.807, 2.05) is 0 Å². The highest BCUT2D eigenvalue weighted by Gasteiger charge is 2.28. The number of esters is 1. The van der Waals surface area contributed by atoms with E-state index in [-0.39, 0.29) is 34.0 Å². The molecule has 1 aromatic rings. The molecule has 0 saturated heterocycles. The van der Waals surface area contributed by atoms with Crippen LogP contribution in [0.25, 0.3) is 5.76 Å². The molecule has 0 fully saturated rings. The summed E-state index contributed by atoms with van der Waals surface area (Å²) < 4.78 is 4.85. The highest BCUT2D eigenvalue weighted by Crippen LogP contribution is 2.31. The molecule has 0 amide bonds. The number of cyclic esters (lactones) is 1. The van der Waals surface area contributed by atoms with Gasteiger partial charge in [-0.1, -0.05) is 6.58 Å². The Morgan fingerprint density at radius 1 is 1.06 bits per heavy atom. The van der Waals surface area contributed by atoms with Gasteiger partial charge in [-0.25, -0.2) is 4.79 Å². The molecule has 2 rings (SSSR count). The van der Waals surface area contributed by atoms with E-state index in [2.05, 4.69) is 6.58 Å². The number of ketones is 2. The van der Waals surface area contributed by atoms with Gasteiger partial charge in [-0.2, -0.15) is 0 Å². The largest absolute Gasteiger partial charge is 0.423 e. The Morgan fingerprint density at radius 3 is 2.00 bits per heavy atom. The van der Waals surface area contributed by atoms with Crippen LogP contribution in [0.2, 0.25) is 0 Å². The number of hydrogen-bond donors (Lipinski definition) is 0. The Hall–Kier alpha value is -2.23. The first-order valence-electron chi connectivity index (χ1n) is 5.03. The minimum absolute atomic E-state index is 0.211. The third-order valence-corrected chi connectivity index (χ3v) is 2.65. The second kappa shape index (κ2) is 3.66. The first kappa shape index (κ1) is 11.3. The van der Waals surface area contributed by atoms with Crippen LogP contribution < -0.4 is 0 Å². The summed E-state index contributed by atoms with van der Waals surface area (Å²) in [6, 6.07) is 2.89. The van der Waals surface area contributed by atoms with Crippen molar-refractivity contribution in [1.29, 1.82) is 0 Å². The van der Waals surface area contributed by atoms with E-state index >= 15 is 0 Å². The Balaban J connectivity index is 2.76. The van der Waals surface area contributed by atoms with Gasteiger partial charge in [-0.05, 0) is 26.0 Å². The van der Waals surface area contributed by atoms with Gasteiger partial charge in [0.05, 0.1) is 5.56 Å². The van der Waals surface area contributed by atoms with E-state index < -0.39 is 5.97 Å². The zero-order valence-corrected chi connectivity index (χ0v) is 9.49. The molecule has 4 nitrogen and oxygen atoms in total. The standard InChI is InChI=1S/C13H10O4/c1-6(14)9-4-11-8(3)17-13(16)12(11)5-10(9)7(2)15/h4-5H,3H2,1-2H3. The van der Waals surface area contributed by atoms with Crippen LogP contribution in [0.15, 0.2) is 18.7 Å². The Morgan fingerprint density at radius 2 is 1.53 bits per heavy atom. The summed E-state index contributed by atoms with van der Waals surface area (Å²) in [7, 11) is 0. The summed E-state index contributed by atoms with van der Waals surface area (Å²) in [5, 5.41) is 0. The molecular weight excluding hydrogens is 220 g/mol. The minimum atomic E-state index is -0.539. The second-order valence-electron chi connectivity index (χ2n) is 3.87. The zero-order valence-electron chi connectivity index (χ0n) is 9.49. The quantitative estimate of drug-likeness (QED) is 0.577. The summed E-state index contributed by atoms with van der Waals surface area (Å²) >= 11 is 0. The normalized spacial score (nSPS) is 13.3. The van der Waals surface area contributed by atoms with Crippen LogP contribution >= 0.6 is 0 Å². The van der Waals surface area contributed by atoms with Gasteiger partial charge in [-0.15, -0.1) is 0 Å². The van der Waals surface area contributed by atoms with Crippen LogP contribution in [0.5, 0.6) is 0 Å². The summed E-state index contributed by atoms with van der Waals surface area (Å²) in [5.41, 5.74) is 1.29. The topological polar surface area (TPSA) is 60.4 Å². The van der Waals surface area contributed by atoms with Crippen molar-refractivity contribution >= 4 is 23.3 Å². The fourth-order valence-electron chi connectivity index (χ4n) is 1.80. The van der Waals surface area contributed by atoms with E-state index in [4.69, 9.17) is 4.74 Å². The highest BCUT2D eigenvalue weighted by molar-refractivity contribution is 6.11. The predicted molar refractivity (Wildman–Crippen MR) is 60.9 cm³/mol. The van der Waals surface area contributed by atoms with Crippen molar-refractivity contribution < 1.29 is 19.1 Å². The molecule has 17 heavy (non-hydrogen) atoms. The maximum absolute atomic E-state index is 11.5. The van der Waals surface area contributed by atoms with Gasteiger partial charge in [0, 0.05) is 16.7 Å². The van der Waals surface area contributed by atoms with Crippen LogP contribution in [-0.2, 0) is 4.74 Å². The number of benzene rings is 1. The molecule has 0 unspecified atom stereocenters. The van der Waals surface area contributed by atoms with Crippen LogP contribution in [0.1, 0.15) is 50.5 Å². The Labute approximate surface area is 97.9 Å². The van der Waals surface area contributed by atoms with Crippen LogP contribution in [-0.4, -0.2) is 17.5 Å². The zero-order chi connectivity index (χ0) is 12.7. The van der Waals surface area contributed by atoms with Gasteiger partial charge >= 0.3 is 5.97 Å². The second-order valence-corrected chi connectivity index (χ2v) is 3.87. The van der Waals surface area contributed by atoms with Crippen molar-refractivity contribution in [3.63, 3.8) is 0 Å². The molecule has 0 radical (unpaired) electrons. The first-order valence-corrected chi connectivity index (χ1v) is 5.03. The van der Waals surface area contributed by atoms with Crippen molar-refractivity contribution in [2.24, 2.45) is 0 Å². The van der Waals surface area contributed by atoms with E-state index in [1.165, 1.54) is 26.0 Å². The Kier molecular flexibility index (Phi) is 2.42. The minimum Gasteiger partial charge on any atom is -0.423 e. The van der Waals surface area contributed by atoms with Crippen molar-refractivity contribution in [3.05, 3.63) is 41.0 Å². The maximum Gasteiger partial charge on any atom is 0.344 e. The molecule has 0 bridgehead atoms. The van der Waals surface area contributed by atoms with Crippen molar-refractivity contribution in [2.75, 3.05) is 0 Å². The van der Waals surface area contributed by atoms with E-state index in [9.17, 15) is 14.4 Å². The number of carbonyl (C=O) groups is 3. The number of rotatable bonds is 2. The van der Waals surface area contributed by atoms with Gasteiger partial charge in [0.25, 0.3) is 0 Å². The lowest BCUT2D eigenvalue weighted by atomic mass is 9.95. The molecule has 0 atom stereocenters. The molecule has 0 saturated carbocycles. The summed E-state index contributed by atoms with van der Waals surface area (Å²) in [6.45, 7) is 6.30. The van der Waals surface area contributed by atoms with Gasteiger partial charge in [-0.3, -0.25) is 9.59 Å². The molecule has 0 N–H and O–H groups in total. The summed E-state index contributed by atoms with van der Waals surface area (Å²) in [6.07, 6.45) is 0. The number of Topliss-reactive ketones (excluding diaryl/α,β-unsaturated/α-hetero) is 2. The molecule has 1 aliphatic rings. The lowest BCUT2D eigenvalue weighted by Gasteiger charge is -2.05. The molecule has 0 spiro atoms. The molecular formula is C13H10O4. The lowest BCUT2D eigenvalue weighted by Crippen LogP contribution is -2.07. The third kappa shape index (κ3) is 1.67. The number of fused-ring (bicyclic) bond motifs is 1. The number of carbonyl (C=O) groups excluding carboxylic acids is 3. The van der Waals surface area contributed by atoms with Crippen LogP contribution in [0.4, 0.5) is 0 Å². The predicted octanol–water partition coefficient (Wildman–Crippen LogP) is 2.23. The van der Waals surface area contributed by atoms with Crippen molar-refractivity contribution in [2.45, 2.75) is 13.8 Å². The molecule has 86 valence electrons. The van der Waals surface area contributed by atoms with Crippen LogP contribution in [0, 0.1) is 0 Å².